The Bertz CT molecular complexity index is 1230. The highest BCUT2D eigenvalue weighted by Gasteiger charge is 2.52. The molecule has 5 rings (SSSR count). The molecule has 2 aromatic carbocycles. The number of imide groups is 1. The molecule has 9 heteroatoms. The number of nitriles is 1. The normalized spacial score (nSPS) is 21.2. The molecule has 0 aromatic heterocycles. The topological polar surface area (TPSA) is 123 Å². The summed E-state index contributed by atoms with van der Waals surface area (Å²) in [6, 6.07) is 12.5. The molecule has 9 nitrogen and oxygen atoms in total. The van der Waals surface area contributed by atoms with Crippen molar-refractivity contribution in [1.29, 1.82) is 5.26 Å². The maximum absolute atomic E-state index is 13.3. The first-order valence-electron chi connectivity index (χ1n) is 11.5. The summed E-state index contributed by atoms with van der Waals surface area (Å²) in [4.78, 5) is 52.2. The van der Waals surface area contributed by atoms with E-state index in [9.17, 15) is 19.2 Å². The van der Waals surface area contributed by atoms with Crippen molar-refractivity contribution in [2.24, 2.45) is 5.92 Å². The number of benzene rings is 2. The van der Waals surface area contributed by atoms with Gasteiger partial charge in [-0.2, -0.15) is 5.26 Å². The van der Waals surface area contributed by atoms with Crippen molar-refractivity contribution in [2.45, 2.75) is 31.2 Å². The molecule has 1 atom stereocenters. The number of nitrogens with one attached hydrogen (secondary N) is 2. The van der Waals surface area contributed by atoms with Gasteiger partial charge in [0.1, 0.15) is 6.54 Å². The highest BCUT2D eigenvalue weighted by molar-refractivity contribution is 6.04. The van der Waals surface area contributed by atoms with E-state index >= 15 is 0 Å². The van der Waals surface area contributed by atoms with E-state index in [1.54, 1.807) is 18.2 Å². The Morgan fingerprint density at radius 1 is 1.15 bits per heavy atom. The Balaban J connectivity index is 1.25. The van der Waals surface area contributed by atoms with Crippen LogP contribution in [-0.4, -0.2) is 65.3 Å². The maximum Gasteiger partial charge on any atom is 0.325 e. The molecule has 1 aliphatic carbocycles. The molecule has 1 unspecified atom stereocenters. The molecule has 3 aliphatic rings. The van der Waals surface area contributed by atoms with Crippen LogP contribution in [0.5, 0.6) is 0 Å². The fraction of sp³-hybridized carbons (Fsp3) is 0.400. The molecule has 3 fully saturated rings. The van der Waals surface area contributed by atoms with Crippen LogP contribution in [0.25, 0.3) is 10.8 Å². The zero-order chi connectivity index (χ0) is 23.9. The van der Waals surface area contributed by atoms with Gasteiger partial charge in [0.05, 0.1) is 18.2 Å². The van der Waals surface area contributed by atoms with E-state index in [0.29, 0.717) is 24.2 Å². The van der Waals surface area contributed by atoms with E-state index in [0.717, 1.165) is 41.4 Å². The predicted molar refractivity (Wildman–Crippen MR) is 123 cm³/mol. The van der Waals surface area contributed by atoms with Gasteiger partial charge >= 0.3 is 6.03 Å². The molecule has 0 spiro atoms. The first-order chi connectivity index (χ1) is 16.4. The Hall–Kier alpha value is -3.93. The van der Waals surface area contributed by atoms with E-state index in [1.165, 1.54) is 0 Å². The van der Waals surface area contributed by atoms with Gasteiger partial charge in [-0.25, -0.2) is 4.79 Å². The summed E-state index contributed by atoms with van der Waals surface area (Å²) in [7, 11) is 0. The second-order valence-electron chi connectivity index (χ2n) is 9.32. The average Bonchev–Trinajstić information content (AvgIpc) is 3.58. The first kappa shape index (κ1) is 21.9. The van der Waals surface area contributed by atoms with Crippen molar-refractivity contribution in [3.8, 4) is 6.07 Å². The van der Waals surface area contributed by atoms with Crippen LogP contribution in [-0.2, 0) is 9.59 Å². The average molecular weight is 460 g/mol. The quantitative estimate of drug-likeness (QED) is 0.660. The molecule has 0 bridgehead atoms. The molecular weight excluding hydrogens is 434 g/mol. The second-order valence-corrected chi connectivity index (χ2v) is 9.32. The van der Waals surface area contributed by atoms with E-state index in [2.05, 4.69) is 16.7 Å². The number of carbonyl (C=O) groups is 4. The molecule has 174 valence electrons. The van der Waals surface area contributed by atoms with Gasteiger partial charge in [-0.15, -0.1) is 0 Å². The van der Waals surface area contributed by atoms with Crippen molar-refractivity contribution < 1.29 is 19.2 Å². The number of piperidine rings is 1. The molecular formula is C25H25N5O4. The van der Waals surface area contributed by atoms with Gasteiger partial charge < -0.3 is 15.5 Å². The Morgan fingerprint density at radius 2 is 1.91 bits per heavy atom. The van der Waals surface area contributed by atoms with Gasteiger partial charge in [-0.05, 0) is 66.6 Å². The fourth-order valence-electron chi connectivity index (χ4n) is 5.09. The summed E-state index contributed by atoms with van der Waals surface area (Å²) in [5, 5.41) is 16.4. The lowest BCUT2D eigenvalue weighted by atomic mass is 9.88. The van der Waals surface area contributed by atoms with Crippen LogP contribution in [0.2, 0.25) is 0 Å². The number of likely N-dealkylation sites (tertiary alicyclic amines) is 1. The SMILES string of the molecule is N#Cc1ccc2cc(C(=O)N3CCCC(C4(NC(=O)CN5C(=O)CNC5=O)CC4)C3)ccc2c1. The summed E-state index contributed by atoms with van der Waals surface area (Å²) >= 11 is 0. The van der Waals surface area contributed by atoms with Crippen LogP contribution < -0.4 is 10.6 Å². The molecule has 2 N–H and O–H groups in total. The van der Waals surface area contributed by atoms with Gasteiger partial charge in [0.2, 0.25) is 5.91 Å². The number of nitrogens with zero attached hydrogens (tertiary/aromatic N) is 3. The number of hydrogen-bond acceptors (Lipinski definition) is 5. The zero-order valence-corrected chi connectivity index (χ0v) is 18.7. The van der Waals surface area contributed by atoms with Crippen molar-refractivity contribution in [1.82, 2.24) is 20.4 Å². The van der Waals surface area contributed by atoms with Gasteiger partial charge in [0.15, 0.2) is 0 Å². The van der Waals surface area contributed by atoms with Crippen LogP contribution in [0.15, 0.2) is 36.4 Å². The van der Waals surface area contributed by atoms with Crippen LogP contribution in [0.4, 0.5) is 4.79 Å². The molecule has 1 saturated carbocycles. The number of amides is 5. The molecule has 2 aromatic rings. The van der Waals surface area contributed by atoms with Crippen LogP contribution in [0.3, 0.4) is 0 Å². The number of hydrogen-bond donors (Lipinski definition) is 2. The maximum atomic E-state index is 13.3. The summed E-state index contributed by atoms with van der Waals surface area (Å²) in [6.45, 7) is 0.846. The van der Waals surface area contributed by atoms with Crippen LogP contribution >= 0.6 is 0 Å². The molecule has 2 heterocycles. The third kappa shape index (κ3) is 4.07. The highest BCUT2D eigenvalue weighted by Crippen LogP contribution is 2.46. The lowest BCUT2D eigenvalue weighted by molar-refractivity contribution is -0.131. The minimum Gasteiger partial charge on any atom is -0.349 e. The third-order valence-electron chi connectivity index (χ3n) is 7.12. The van der Waals surface area contributed by atoms with Gasteiger partial charge in [0.25, 0.3) is 11.8 Å². The molecule has 2 aliphatic heterocycles. The van der Waals surface area contributed by atoms with Crippen molar-refractivity contribution in [3.63, 3.8) is 0 Å². The lowest BCUT2D eigenvalue weighted by Gasteiger charge is -2.38. The second kappa shape index (κ2) is 8.45. The molecule has 0 radical (unpaired) electrons. The number of carbonyl (C=O) groups excluding carboxylic acids is 4. The van der Waals surface area contributed by atoms with Crippen molar-refractivity contribution in [3.05, 3.63) is 47.5 Å². The molecule has 2 saturated heterocycles. The minimum absolute atomic E-state index is 0.0441. The third-order valence-corrected chi connectivity index (χ3v) is 7.12. The predicted octanol–water partition coefficient (Wildman–Crippen LogP) is 1.76. The number of urea groups is 1. The summed E-state index contributed by atoms with van der Waals surface area (Å²) < 4.78 is 0. The summed E-state index contributed by atoms with van der Waals surface area (Å²) in [5.41, 5.74) is 0.800. The standard InChI is InChI=1S/C25H25N5O4/c26-12-16-3-4-18-11-19(6-5-17(18)10-16)23(33)29-9-1-2-20(14-29)25(7-8-25)28-21(31)15-30-22(32)13-27-24(30)34/h3-6,10-11,20H,1-2,7-9,13-15H2,(H,27,34)(H,28,31). The van der Waals surface area contributed by atoms with E-state index in [-0.39, 0.29) is 36.4 Å². The van der Waals surface area contributed by atoms with E-state index < -0.39 is 11.9 Å². The Kier molecular flexibility index (Phi) is 5.44. The van der Waals surface area contributed by atoms with Crippen LogP contribution in [0.1, 0.15) is 41.6 Å². The largest absolute Gasteiger partial charge is 0.349 e. The van der Waals surface area contributed by atoms with Crippen LogP contribution in [0, 0.1) is 17.2 Å². The smallest absolute Gasteiger partial charge is 0.325 e. The van der Waals surface area contributed by atoms with Gasteiger partial charge in [-0.1, -0.05) is 12.1 Å². The Morgan fingerprint density at radius 3 is 2.62 bits per heavy atom. The first-order valence-corrected chi connectivity index (χ1v) is 11.5. The molecule has 5 amide bonds. The van der Waals surface area contributed by atoms with E-state index in [4.69, 9.17) is 5.26 Å². The summed E-state index contributed by atoms with van der Waals surface area (Å²) in [5.74, 6) is -0.676. The van der Waals surface area contributed by atoms with E-state index in [1.807, 2.05) is 23.1 Å². The highest BCUT2D eigenvalue weighted by atomic mass is 16.2. The fourth-order valence-corrected chi connectivity index (χ4v) is 5.09. The number of fused-ring (bicyclic) bond motifs is 1. The minimum atomic E-state index is -0.543. The Labute approximate surface area is 196 Å². The molecule has 34 heavy (non-hydrogen) atoms. The zero-order valence-electron chi connectivity index (χ0n) is 18.7. The van der Waals surface area contributed by atoms with Gasteiger partial charge in [0, 0.05) is 24.2 Å². The number of rotatable bonds is 5. The summed E-state index contributed by atoms with van der Waals surface area (Å²) in [6.07, 6.45) is 3.40. The van der Waals surface area contributed by atoms with Crippen molar-refractivity contribution in [2.75, 3.05) is 26.2 Å². The monoisotopic (exact) mass is 459 g/mol. The van der Waals surface area contributed by atoms with Crippen molar-refractivity contribution >= 4 is 34.5 Å². The van der Waals surface area contributed by atoms with Gasteiger partial charge in [-0.3, -0.25) is 19.3 Å². The lowest BCUT2D eigenvalue weighted by Crippen LogP contribution is -2.53.